The van der Waals surface area contributed by atoms with Crippen LogP contribution in [0, 0.1) is 0 Å². The minimum absolute atomic E-state index is 1.10. The first kappa shape index (κ1) is 21.1. The van der Waals surface area contributed by atoms with E-state index in [-0.39, 0.29) is 0 Å². The molecule has 4 nitrogen and oxygen atoms in total. The third-order valence-electron chi connectivity index (χ3n) is 7.76. The maximum atomic E-state index is 5.09. The molecule has 2 aliphatic heterocycles. The van der Waals surface area contributed by atoms with E-state index in [0.29, 0.717) is 0 Å². The van der Waals surface area contributed by atoms with Crippen LogP contribution in [0.5, 0.6) is 0 Å². The molecule has 0 radical (unpaired) electrons. The summed E-state index contributed by atoms with van der Waals surface area (Å²) in [6.45, 7) is 7.63. The van der Waals surface area contributed by atoms with Gasteiger partial charge < -0.3 is 14.8 Å². The molecule has 4 aromatic rings. The number of hydrogen-bond acceptors (Lipinski definition) is 3. The summed E-state index contributed by atoms with van der Waals surface area (Å²) in [6, 6.07) is 16.1. The second kappa shape index (κ2) is 9.44. The summed E-state index contributed by atoms with van der Waals surface area (Å²) in [5.41, 5.74) is 7.42. The van der Waals surface area contributed by atoms with Crippen molar-refractivity contribution in [3.05, 3.63) is 53.6 Å². The van der Waals surface area contributed by atoms with Crippen LogP contribution < -0.4 is 0 Å². The third-order valence-corrected chi connectivity index (χ3v) is 7.76. The van der Waals surface area contributed by atoms with Crippen molar-refractivity contribution in [2.45, 2.75) is 51.4 Å². The van der Waals surface area contributed by atoms with Crippen molar-refractivity contribution >= 4 is 32.8 Å². The predicted octanol–water partition coefficient (Wildman–Crippen LogP) is 5.93. The fourth-order valence-corrected chi connectivity index (χ4v) is 5.91. The Hall–Kier alpha value is -2.43. The summed E-state index contributed by atoms with van der Waals surface area (Å²) < 4.78 is 0. The average molecular weight is 441 g/mol. The van der Waals surface area contributed by atoms with Gasteiger partial charge in [-0.15, -0.1) is 0 Å². The molecule has 4 heterocycles. The lowest BCUT2D eigenvalue weighted by molar-refractivity contribution is 0.334. The molecule has 1 N–H and O–H groups in total. The van der Waals surface area contributed by atoms with Crippen molar-refractivity contribution < 1.29 is 0 Å². The van der Waals surface area contributed by atoms with Crippen LogP contribution in [0.4, 0.5) is 0 Å². The van der Waals surface area contributed by atoms with Crippen molar-refractivity contribution in [2.24, 2.45) is 0 Å². The van der Waals surface area contributed by atoms with E-state index in [2.05, 4.69) is 57.2 Å². The maximum Gasteiger partial charge on any atom is 0.0965 e. The Labute approximate surface area is 197 Å². The lowest BCUT2D eigenvalue weighted by Crippen LogP contribution is -2.20. The van der Waals surface area contributed by atoms with Gasteiger partial charge in [0.1, 0.15) is 0 Å². The van der Waals surface area contributed by atoms with Crippen molar-refractivity contribution in [3.63, 3.8) is 0 Å². The molecule has 2 aromatic carbocycles. The molecule has 0 amide bonds. The second-order valence-electron chi connectivity index (χ2n) is 10.2. The molecule has 33 heavy (non-hydrogen) atoms. The van der Waals surface area contributed by atoms with Gasteiger partial charge in [0.15, 0.2) is 0 Å². The molecule has 2 fully saturated rings. The number of pyridine rings is 1. The summed E-state index contributed by atoms with van der Waals surface area (Å²) in [5.74, 6) is 0. The summed E-state index contributed by atoms with van der Waals surface area (Å²) in [5, 5.41) is 2.51. The van der Waals surface area contributed by atoms with Gasteiger partial charge in [-0.1, -0.05) is 12.1 Å². The van der Waals surface area contributed by atoms with E-state index in [1.807, 2.05) is 0 Å². The zero-order chi connectivity index (χ0) is 22.0. The minimum atomic E-state index is 1.10. The zero-order valence-electron chi connectivity index (χ0n) is 19.8. The van der Waals surface area contributed by atoms with Crippen LogP contribution in [0.3, 0.4) is 0 Å². The molecule has 172 valence electrons. The monoisotopic (exact) mass is 440 g/mol. The van der Waals surface area contributed by atoms with Crippen LogP contribution in [0.2, 0.25) is 0 Å². The smallest absolute Gasteiger partial charge is 0.0965 e. The number of aromatic amines is 1. The number of nitrogens with one attached hydrogen (secondary N) is 1. The topological polar surface area (TPSA) is 35.2 Å². The van der Waals surface area contributed by atoms with E-state index >= 15 is 0 Å². The first-order valence-corrected chi connectivity index (χ1v) is 13.1. The van der Waals surface area contributed by atoms with Crippen LogP contribution in [0.25, 0.3) is 32.8 Å². The fourth-order valence-electron chi connectivity index (χ4n) is 5.91. The number of aryl methyl sites for hydroxylation is 2. The molecular formula is C29H36N4. The Morgan fingerprint density at radius 3 is 2.03 bits per heavy atom. The highest BCUT2D eigenvalue weighted by Gasteiger charge is 2.13. The highest BCUT2D eigenvalue weighted by atomic mass is 15.1. The van der Waals surface area contributed by atoms with E-state index in [1.165, 1.54) is 105 Å². The summed E-state index contributed by atoms with van der Waals surface area (Å²) >= 11 is 0. The number of nitrogens with zero attached hydrogens (tertiary/aromatic N) is 3. The largest absolute Gasteiger partial charge is 0.353 e. The zero-order valence-corrected chi connectivity index (χ0v) is 19.8. The Kier molecular flexibility index (Phi) is 6.04. The Morgan fingerprint density at radius 2 is 1.33 bits per heavy atom. The summed E-state index contributed by atoms with van der Waals surface area (Å²) in [4.78, 5) is 13.9. The molecule has 0 atom stereocenters. The number of H-pyrrole nitrogens is 1. The molecule has 0 unspecified atom stereocenters. The average Bonchev–Trinajstić information content (AvgIpc) is 3.59. The fraction of sp³-hybridized carbons (Fsp3) is 0.483. The lowest BCUT2D eigenvalue weighted by atomic mass is 10.0. The molecule has 0 aliphatic carbocycles. The van der Waals surface area contributed by atoms with Crippen molar-refractivity contribution in [1.29, 1.82) is 0 Å². The normalized spacial score (nSPS) is 17.8. The highest BCUT2D eigenvalue weighted by molar-refractivity contribution is 6.08. The van der Waals surface area contributed by atoms with Gasteiger partial charge in [0.05, 0.1) is 16.6 Å². The van der Waals surface area contributed by atoms with Gasteiger partial charge in [0.25, 0.3) is 0 Å². The number of aromatic nitrogens is 2. The third kappa shape index (κ3) is 4.64. The number of benzene rings is 2. The first-order valence-electron chi connectivity index (χ1n) is 13.1. The highest BCUT2D eigenvalue weighted by Crippen LogP contribution is 2.29. The van der Waals surface area contributed by atoms with Gasteiger partial charge in [0, 0.05) is 16.3 Å². The maximum absolute atomic E-state index is 5.09. The van der Waals surface area contributed by atoms with Crippen LogP contribution in [-0.2, 0) is 12.8 Å². The number of hydrogen-bond donors (Lipinski definition) is 1. The molecule has 6 rings (SSSR count). The van der Waals surface area contributed by atoms with E-state index < -0.39 is 0 Å². The molecule has 0 bridgehead atoms. The molecule has 2 aliphatic rings. The van der Waals surface area contributed by atoms with Crippen LogP contribution in [0.1, 0.15) is 49.7 Å². The van der Waals surface area contributed by atoms with E-state index in [4.69, 9.17) is 4.98 Å². The van der Waals surface area contributed by atoms with Gasteiger partial charge in [-0.3, -0.25) is 0 Å². The van der Waals surface area contributed by atoms with Gasteiger partial charge in [-0.25, -0.2) is 4.98 Å². The number of fused-ring (bicyclic) bond motifs is 4. The molecule has 4 heteroatoms. The Morgan fingerprint density at radius 1 is 0.697 bits per heavy atom. The summed E-state index contributed by atoms with van der Waals surface area (Å²) in [6.07, 6.45) is 10.3. The molecule has 0 saturated carbocycles. The van der Waals surface area contributed by atoms with E-state index in [0.717, 1.165) is 29.4 Å². The first-order chi connectivity index (χ1) is 16.3. The second-order valence-corrected chi connectivity index (χ2v) is 10.2. The summed E-state index contributed by atoms with van der Waals surface area (Å²) in [7, 11) is 0. The lowest BCUT2D eigenvalue weighted by Gasteiger charge is -2.14. The number of rotatable bonds is 8. The Balaban J connectivity index is 1.19. The molecule has 2 saturated heterocycles. The van der Waals surface area contributed by atoms with Crippen LogP contribution in [-0.4, -0.2) is 59.0 Å². The predicted molar refractivity (Wildman–Crippen MR) is 139 cm³/mol. The van der Waals surface area contributed by atoms with Crippen LogP contribution in [0.15, 0.2) is 42.5 Å². The minimum Gasteiger partial charge on any atom is -0.353 e. The van der Waals surface area contributed by atoms with Gasteiger partial charge in [-0.05, 0) is 132 Å². The van der Waals surface area contributed by atoms with Gasteiger partial charge >= 0.3 is 0 Å². The number of likely N-dealkylation sites (tertiary alicyclic amines) is 2. The molecular weight excluding hydrogens is 404 g/mol. The van der Waals surface area contributed by atoms with E-state index in [9.17, 15) is 0 Å². The van der Waals surface area contributed by atoms with Crippen molar-refractivity contribution in [1.82, 2.24) is 19.8 Å². The molecule has 0 spiro atoms. The van der Waals surface area contributed by atoms with Crippen molar-refractivity contribution in [2.75, 3.05) is 39.3 Å². The van der Waals surface area contributed by atoms with E-state index in [1.54, 1.807) is 0 Å². The SMILES string of the molecule is c1cc2nc3c(cc2cc1CCCN1CCCC1)[nH]c1ccc(CCCN2CCCC2)cc13. The van der Waals surface area contributed by atoms with Gasteiger partial charge in [0.2, 0.25) is 0 Å². The Bertz CT molecular complexity index is 1240. The quantitative estimate of drug-likeness (QED) is 0.369. The molecule has 2 aromatic heterocycles. The van der Waals surface area contributed by atoms with Gasteiger partial charge in [-0.2, -0.15) is 0 Å². The van der Waals surface area contributed by atoms with Crippen LogP contribution >= 0.6 is 0 Å². The van der Waals surface area contributed by atoms with Crippen molar-refractivity contribution in [3.8, 4) is 0 Å². The standard InChI is InChI=1S/C29H36N4/c1-2-14-32(13-1)17-5-7-22-9-11-26-24(19-22)21-28-29(31-26)25-20-23(10-12-27(25)30-28)8-6-18-33-15-3-4-16-33/h9-12,19-21,30H,1-8,13-18H2.